The third-order valence-electron chi connectivity index (χ3n) is 6.38. The van der Waals surface area contributed by atoms with Crippen LogP contribution < -0.4 is 4.74 Å². The fourth-order valence-corrected chi connectivity index (χ4v) is 4.95. The van der Waals surface area contributed by atoms with Gasteiger partial charge in [0.25, 0.3) is 0 Å². The molecule has 1 aromatic heterocycles. The average Bonchev–Trinajstić information content (AvgIpc) is 3.20. The molecule has 0 amide bonds. The van der Waals surface area contributed by atoms with Gasteiger partial charge in [0.05, 0.1) is 17.3 Å². The third kappa shape index (κ3) is 3.23. The first-order chi connectivity index (χ1) is 12.7. The van der Waals surface area contributed by atoms with E-state index in [0.29, 0.717) is 18.4 Å². The van der Waals surface area contributed by atoms with Gasteiger partial charge in [-0.05, 0) is 70.5 Å². The van der Waals surface area contributed by atoms with Crippen LogP contribution in [0.3, 0.4) is 0 Å². The maximum atomic E-state index is 8.97. The van der Waals surface area contributed by atoms with Crippen LogP contribution in [0.1, 0.15) is 62.6 Å². The van der Waals surface area contributed by atoms with Gasteiger partial charge >= 0.3 is 0 Å². The highest BCUT2D eigenvalue weighted by Crippen LogP contribution is 2.50. The van der Waals surface area contributed by atoms with Crippen LogP contribution in [-0.2, 0) is 6.42 Å². The number of ether oxygens (including phenoxy) is 1. The number of fused-ring (bicyclic) bond motifs is 2. The molecule has 0 N–H and O–H groups in total. The monoisotopic (exact) mass is 352 g/mol. The van der Waals surface area contributed by atoms with Gasteiger partial charge in [-0.25, -0.2) is 9.97 Å². The number of nitriles is 1. The van der Waals surface area contributed by atoms with Gasteiger partial charge in [0.1, 0.15) is 12.4 Å². The molecule has 5 nitrogen and oxygen atoms in total. The van der Waals surface area contributed by atoms with Crippen LogP contribution in [0.2, 0.25) is 0 Å². The van der Waals surface area contributed by atoms with Crippen molar-refractivity contribution in [3.8, 4) is 11.9 Å². The molecule has 1 fully saturated rings. The lowest BCUT2D eigenvalue weighted by Crippen LogP contribution is -2.35. The topological polar surface area (TPSA) is 62.0 Å². The van der Waals surface area contributed by atoms with Gasteiger partial charge < -0.3 is 9.64 Å². The SMILES string of the molecule is CN(C)[C@H]1CC[C@H](Oc2ncnc3c2C2=C(CC[C@@H]2CCC#N)C3)CC1. The number of allylic oxidation sites excluding steroid dienone is 2. The fourth-order valence-electron chi connectivity index (χ4n) is 4.95. The molecule has 0 aliphatic heterocycles. The predicted octanol–water partition coefficient (Wildman–Crippen LogP) is 3.75. The molecule has 0 saturated heterocycles. The smallest absolute Gasteiger partial charge is 0.224 e. The van der Waals surface area contributed by atoms with Crippen molar-refractivity contribution < 1.29 is 4.74 Å². The summed E-state index contributed by atoms with van der Waals surface area (Å²) >= 11 is 0. The van der Waals surface area contributed by atoms with Crippen molar-refractivity contribution in [1.82, 2.24) is 14.9 Å². The van der Waals surface area contributed by atoms with Gasteiger partial charge in [0.15, 0.2) is 0 Å². The van der Waals surface area contributed by atoms with Gasteiger partial charge in [0, 0.05) is 18.9 Å². The summed E-state index contributed by atoms with van der Waals surface area (Å²) in [4.78, 5) is 11.4. The molecule has 0 unspecified atom stereocenters. The Morgan fingerprint density at radius 1 is 1.19 bits per heavy atom. The molecule has 5 heteroatoms. The van der Waals surface area contributed by atoms with E-state index in [4.69, 9.17) is 10.00 Å². The van der Waals surface area contributed by atoms with Gasteiger partial charge in [-0.3, -0.25) is 0 Å². The number of nitrogens with zero attached hydrogens (tertiary/aromatic N) is 4. The van der Waals surface area contributed by atoms with Crippen molar-refractivity contribution in [1.29, 1.82) is 5.26 Å². The van der Waals surface area contributed by atoms with Gasteiger partial charge in [-0.1, -0.05) is 5.57 Å². The Labute approximate surface area is 156 Å². The summed E-state index contributed by atoms with van der Waals surface area (Å²) in [6, 6.07) is 2.97. The normalized spacial score (nSPS) is 27.4. The summed E-state index contributed by atoms with van der Waals surface area (Å²) in [5, 5.41) is 8.97. The second-order valence-corrected chi connectivity index (χ2v) is 8.14. The quantitative estimate of drug-likeness (QED) is 0.807. The van der Waals surface area contributed by atoms with Crippen molar-refractivity contribution in [2.75, 3.05) is 14.1 Å². The molecule has 0 bridgehead atoms. The summed E-state index contributed by atoms with van der Waals surface area (Å²) in [6.07, 6.45) is 11.3. The molecular weight excluding hydrogens is 324 g/mol. The van der Waals surface area contributed by atoms with Crippen LogP contribution in [0.15, 0.2) is 11.9 Å². The molecule has 0 radical (unpaired) electrons. The Hall–Kier alpha value is -1.93. The lowest BCUT2D eigenvalue weighted by Gasteiger charge is -2.32. The molecular formula is C21H28N4O. The zero-order chi connectivity index (χ0) is 18.1. The fraction of sp³-hybridized carbons (Fsp3) is 0.667. The van der Waals surface area contributed by atoms with E-state index in [1.54, 1.807) is 6.33 Å². The van der Waals surface area contributed by atoms with E-state index in [-0.39, 0.29) is 6.10 Å². The van der Waals surface area contributed by atoms with Crippen molar-refractivity contribution in [3.63, 3.8) is 0 Å². The maximum Gasteiger partial charge on any atom is 0.224 e. The van der Waals surface area contributed by atoms with Crippen LogP contribution in [0, 0.1) is 17.2 Å². The lowest BCUT2D eigenvalue weighted by atomic mass is 9.91. The van der Waals surface area contributed by atoms with E-state index >= 15 is 0 Å². The van der Waals surface area contributed by atoms with Crippen molar-refractivity contribution in [2.24, 2.45) is 5.92 Å². The standard InChI is InChI=1S/C21H28N4O/c1-25(2)16-7-9-17(10-8-16)26-21-20-18(23-13-24-21)12-15-6-5-14(19(15)20)4-3-11-22/h13-14,16-17H,3-10,12H2,1-2H3/t14-,16-,17-/m0/s1. The van der Waals surface area contributed by atoms with Crippen LogP contribution >= 0.6 is 0 Å². The van der Waals surface area contributed by atoms with E-state index in [9.17, 15) is 0 Å². The molecule has 0 spiro atoms. The van der Waals surface area contributed by atoms with E-state index in [2.05, 4.69) is 35.0 Å². The minimum absolute atomic E-state index is 0.258. The van der Waals surface area contributed by atoms with Crippen LogP contribution in [0.4, 0.5) is 0 Å². The first kappa shape index (κ1) is 17.5. The summed E-state index contributed by atoms with van der Waals surface area (Å²) in [6.45, 7) is 0. The predicted molar refractivity (Wildman–Crippen MR) is 101 cm³/mol. The largest absolute Gasteiger partial charge is 0.474 e. The first-order valence-electron chi connectivity index (χ1n) is 9.93. The molecule has 26 heavy (non-hydrogen) atoms. The molecule has 1 heterocycles. The van der Waals surface area contributed by atoms with E-state index in [1.165, 1.54) is 24.0 Å². The second kappa shape index (κ2) is 7.36. The summed E-state index contributed by atoms with van der Waals surface area (Å²) in [7, 11) is 4.33. The molecule has 1 saturated carbocycles. The van der Waals surface area contributed by atoms with E-state index in [0.717, 1.165) is 55.7 Å². The van der Waals surface area contributed by atoms with E-state index < -0.39 is 0 Å². The number of hydrogen-bond donors (Lipinski definition) is 0. The second-order valence-electron chi connectivity index (χ2n) is 8.14. The Balaban J connectivity index is 1.52. The summed E-state index contributed by atoms with van der Waals surface area (Å²) < 4.78 is 6.42. The Morgan fingerprint density at radius 2 is 2.00 bits per heavy atom. The number of aromatic nitrogens is 2. The van der Waals surface area contributed by atoms with Crippen molar-refractivity contribution in [2.45, 2.75) is 69.9 Å². The molecule has 138 valence electrons. The average molecular weight is 352 g/mol. The van der Waals surface area contributed by atoms with Gasteiger partial charge in [-0.2, -0.15) is 5.26 Å². The van der Waals surface area contributed by atoms with Crippen LogP contribution in [-0.4, -0.2) is 41.1 Å². The summed E-state index contributed by atoms with van der Waals surface area (Å²) in [5.41, 5.74) is 5.21. The molecule has 3 aliphatic rings. The zero-order valence-electron chi connectivity index (χ0n) is 15.9. The Bertz CT molecular complexity index is 741. The number of rotatable bonds is 5. The highest BCUT2D eigenvalue weighted by molar-refractivity contribution is 5.81. The lowest BCUT2D eigenvalue weighted by molar-refractivity contribution is 0.107. The Kier molecular flexibility index (Phi) is 4.95. The molecule has 4 rings (SSSR count). The van der Waals surface area contributed by atoms with Crippen molar-refractivity contribution in [3.05, 3.63) is 23.2 Å². The number of hydrogen-bond acceptors (Lipinski definition) is 5. The highest BCUT2D eigenvalue weighted by Gasteiger charge is 2.36. The molecule has 1 atom stereocenters. The molecule has 3 aliphatic carbocycles. The Morgan fingerprint density at radius 3 is 2.73 bits per heavy atom. The minimum atomic E-state index is 0.258. The first-order valence-corrected chi connectivity index (χ1v) is 9.93. The van der Waals surface area contributed by atoms with E-state index in [1.807, 2.05) is 0 Å². The minimum Gasteiger partial charge on any atom is -0.474 e. The maximum absolute atomic E-state index is 8.97. The van der Waals surface area contributed by atoms with Crippen molar-refractivity contribution >= 4 is 5.57 Å². The van der Waals surface area contributed by atoms with Gasteiger partial charge in [-0.15, -0.1) is 0 Å². The third-order valence-corrected chi connectivity index (χ3v) is 6.38. The molecule has 0 aromatic carbocycles. The van der Waals surface area contributed by atoms with Gasteiger partial charge in [0.2, 0.25) is 5.88 Å². The summed E-state index contributed by atoms with van der Waals surface area (Å²) in [5.74, 6) is 1.26. The zero-order valence-corrected chi connectivity index (χ0v) is 15.9. The van der Waals surface area contributed by atoms with Crippen LogP contribution in [0.25, 0.3) is 5.57 Å². The highest BCUT2D eigenvalue weighted by atomic mass is 16.5. The van der Waals surface area contributed by atoms with Crippen LogP contribution in [0.5, 0.6) is 5.88 Å². The molecule has 1 aromatic rings.